The van der Waals surface area contributed by atoms with Crippen molar-refractivity contribution in [1.29, 1.82) is 0 Å². The zero-order valence-corrected chi connectivity index (χ0v) is 25.5. The molecule has 0 saturated heterocycles. The summed E-state index contributed by atoms with van der Waals surface area (Å²) in [6.45, 7) is 13.8. The van der Waals surface area contributed by atoms with Gasteiger partial charge in [0.15, 0.2) is 0 Å². The average molecular weight is 534 g/mol. The Labute approximate surface area is 241 Å². The van der Waals surface area contributed by atoms with E-state index in [0.717, 1.165) is 30.5 Å². The van der Waals surface area contributed by atoms with Crippen LogP contribution in [0.2, 0.25) is 0 Å². The smallest absolute Gasteiger partial charge is 0.0966 e. The summed E-state index contributed by atoms with van der Waals surface area (Å²) in [4.78, 5) is 9.49. The number of aryl methyl sites for hydroxylation is 2. The minimum absolute atomic E-state index is 0.108. The fourth-order valence-electron chi connectivity index (χ4n) is 6.35. The lowest BCUT2D eigenvalue weighted by Crippen LogP contribution is -2.27. The van der Waals surface area contributed by atoms with Gasteiger partial charge in [0.25, 0.3) is 0 Å². The van der Waals surface area contributed by atoms with Crippen LogP contribution in [0, 0.1) is 6.92 Å². The summed E-state index contributed by atoms with van der Waals surface area (Å²) in [6, 6.07) is 23.0. The standard InChI is InChI=1S/C37H47N3/c1-7-8-9-10-11-28-13-19-35-34(25-28)39-26-40(35)37(5,6)31-16-14-30(15-17-31)36(3,4)22-20-29-21-23-38-33-24-27(2)12-18-32(29)33/h12-19,23-26,29H,7-11,20-22H2,1-6H3. The largest absolute Gasteiger partial charge is 0.321 e. The van der Waals surface area contributed by atoms with Crippen LogP contribution in [0.4, 0.5) is 5.69 Å². The van der Waals surface area contributed by atoms with E-state index in [-0.39, 0.29) is 11.0 Å². The number of unbranched alkanes of at least 4 members (excludes halogenated alkanes) is 3. The van der Waals surface area contributed by atoms with Crippen molar-refractivity contribution in [3.8, 4) is 0 Å². The van der Waals surface area contributed by atoms with Gasteiger partial charge >= 0.3 is 0 Å². The Kier molecular flexibility index (Phi) is 8.31. The minimum atomic E-state index is -0.191. The Morgan fingerprint density at radius 3 is 2.42 bits per heavy atom. The second-order valence-electron chi connectivity index (χ2n) is 13.1. The van der Waals surface area contributed by atoms with Gasteiger partial charge in [-0.2, -0.15) is 0 Å². The van der Waals surface area contributed by atoms with Gasteiger partial charge in [-0.25, -0.2) is 4.98 Å². The number of aromatic nitrogens is 2. The van der Waals surface area contributed by atoms with Crippen molar-refractivity contribution in [1.82, 2.24) is 9.55 Å². The Balaban J connectivity index is 1.28. The van der Waals surface area contributed by atoms with E-state index in [0.29, 0.717) is 5.92 Å². The van der Waals surface area contributed by atoms with Crippen LogP contribution in [0.5, 0.6) is 0 Å². The number of nitrogens with zero attached hydrogens (tertiary/aromatic N) is 3. The van der Waals surface area contributed by atoms with Gasteiger partial charge in [-0.15, -0.1) is 0 Å². The number of imidazole rings is 1. The molecule has 0 bridgehead atoms. The average Bonchev–Trinajstić information content (AvgIpc) is 3.38. The van der Waals surface area contributed by atoms with Crippen LogP contribution in [0.1, 0.15) is 113 Å². The fourth-order valence-corrected chi connectivity index (χ4v) is 6.35. The molecule has 3 nitrogen and oxygen atoms in total. The van der Waals surface area contributed by atoms with Crippen molar-refractivity contribution in [3.63, 3.8) is 0 Å². The van der Waals surface area contributed by atoms with Crippen LogP contribution in [-0.2, 0) is 17.4 Å². The highest BCUT2D eigenvalue weighted by molar-refractivity contribution is 5.76. The van der Waals surface area contributed by atoms with Gasteiger partial charge in [-0.1, -0.05) is 82.5 Å². The highest BCUT2D eigenvalue weighted by Gasteiger charge is 2.28. The summed E-state index contributed by atoms with van der Waals surface area (Å²) in [5, 5.41) is 0. The molecule has 1 aliphatic heterocycles. The van der Waals surface area contributed by atoms with E-state index in [9.17, 15) is 0 Å². The van der Waals surface area contributed by atoms with Crippen molar-refractivity contribution in [2.45, 2.75) is 110 Å². The van der Waals surface area contributed by atoms with Crippen molar-refractivity contribution < 1.29 is 0 Å². The summed E-state index contributed by atoms with van der Waals surface area (Å²) in [6.07, 6.45) is 13.8. The molecule has 1 aromatic heterocycles. The molecule has 0 spiro atoms. The SMILES string of the molecule is CCCCCCc1ccc2c(c1)ncn2C(C)(C)c1ccc(C(C)(C)CCC2CC=Nc3cc(C)ccc32)cc1. The number of hydrogen-bond acceptors (Lipinski definition) is 2. The van der Waals surface area contributed by atoms with E-state index in [1.807, 2.05) is 6.33 Å². The molecule has 5 rings (SSSR count). The lowest BCUT2D eigenvalue weighted by molar-refractivity contribution is 0.430. The third-order valence-electron chi connectivity index (χ3n) is 9.27. The van der Waals surface area contributed by atoms with Gasteiger partial charge < -0.3 is 4.57 Å². The van der Waals surface area contributed by atoms with E-state index in [2.05, 4.69) is 118 Å². The van der Waals surface area contributed by atoms with Crippen LogP contribution in [0.25, 0.3) is 11.0 Å². The molecule has 1 aliphatic rings. The molecule has 3 aromatic carbocycles. The topological polar surface area (TPSA) is 30.2 Å². The van der Waals surface area contributed by atoms with Crippen molar-refractivity contribution >= 4 is 22.9 Å². The molecule has 0 aliphatic carbocycles. The van der Waals surface area contributed by atoms with Crippen LogP contribution >= 0.6 is 0 Å². The summed E-state index contributed by atoms with van der Waals surface area (Å²) >= 11 is 0. The molecule has 210 valence electrons. The number of rotatable bonds is 11. The van der Waals surface area contributed by atoms with Crippen LogP contribution < -0.4 is 0 Å². The first kappa shape index (κ1) is 28.3. The Bertz CT molecular complexity index is 1470. The van der Waals surface area contributed by atoms with Gasteiger partial charge in [-0.3, -0.25) is 4.99 Å². The molecular formula is C37H47N3. The molecule has 4 aromatic rings. The van der Waals surface area contributed by atoms with Crippen molar-refractivity contribution in [3.05, 3.63) is 94.8 Å². The number of hydrogen-bond donors (Lipinski definition) is 0. The van der Waals surface area contributed by atoms with Gasteiger partial charge in [0.05, 0.1) is 28.6 Å². The van der Waals surface area contributed by atoms with Gasteiger partial charge in [0, 0.05) is 6.21 Å². The molecule has 0 amide bonds. The number of aliphatic imine (C=N–C) groups is 1. The quantitative estimate of drug-likeness (QED) is 0.176. The molecule has 1 atom stereocenters. The molecular weight excluding hydrogens is 486 g/mol. The highest BCUT2D eigenvalue weighted by atomic mass is 15.1. The van der Waals surface area contributed by atoms with Crippen LogP contribution in [0.15, 0.2) is 72.0 Å². The maximum Gasteiger partial charge on any atom is 0.0966 e. The summed E-state index contributed by atoms with van der Waals surface area (Å²) < 4.78 is 2.34. The monoisotopic (exact) mass is 533 g/mol. The second kappa shape index (κ2) is 11.7. The second-order valence-corrected chi connectivity index (χ2v) is 13.1. The van der Waals surface area contributed by atoms with Gasteiger partial charge in [-0.05, 0) is 110 Å². The van der Waals surface area contributed by atoms with E-state index in [4.69, 9.17) is 4.98 Å². The molecule has 0 fully saturated rings. The number of fused-ring (bicyclic) bond motifs is 2. The normalized spacial score (nSPS) is 15.5. The maximum atomic E-state index is 4.82. The molecule has 0 radical (unpaired) electrons. The van der Waals surface area contributed by atoms with E-state index in [1.54, 1.807) is 0 Å². The Morgan fingerprint density at radius 2 is 1.65 bits per heavy atom. The van der Waals surface area contributed by atoms with Crippen LogP contribution in [-0.4, -0.2) is 15.8 Å². The molecule has 40 heavy (non-hydrogen) atoms. The molecule has 2 heterocycles. The predicted molar refractivity (Wildman–Crippen MR) is 171 cm³/mol. The van der Waals surface area contributed by atoms with Crippen molar-refractivity contribution in [2.24, 2.45) is 4.99 Å². The lowest BCUT2D eigenvalue weighted by atomic mass is 9.76. The van der Waals surface area contributed by atoms with Crippen molar-refractivity contribution in [2.75, 3.05) is 0 Å². The molecule has 0 N–H and O–H groups in total. The molecule has 0 saturated carbocycles. The summed E-state index contributed by atoms with van der Waals surface area (Å²) in [7, 11) is 0. The van der Waals surface area contributed by atoms with Crippen LogP contribution in [0.3, 0.4) is 0 Å². The summed E-state index contributed by atoms with van der Waals surface area (Å²) in [5.41, 5.74) is 10.2. The first-order chi connectivity index (χ1) is 19.2. The molecule has 1 unspecified atom stereocenters. The van der Waals surface area contributed by atoms with E-state index in [1.165, 1.54) is 65.4 Å². The third-order valence-corrected chi connectivity index (χ3v) is 9.27. The van der Waals surface area contributed by atoms with E-state index >= 15 is 0 Å². The van der Waals surface area contributed by atoms with E-state index < -0.39 is 0 Å². The Morgan fingerprint density at radius 1 is 0.875 bits per heavy atom. The highest BCUT2D eigenvalue weighted by Crippen LogP contribution is 2.40. The lowest BCUT2D eigenvalue weighted by Gasteiger charge is -2.31. The maximum absolute atomic E-state index is 4.82. The minimum Gasteiger partial charge on any atom is -0.321 e. The fraction of sp³-hybridized carbons (Fsp3) is 0.459. The Hall–Kier alpha value is -3.20. The zero-order chi connectivity index (χ0) is 28.3. The predicted octanol–water partition coefficient (Wildman–Crippen LogP) is 10.2. The zero-order valence-electron chi connectivity index (χ0n) is 25.5. The first-order valence-corrected chi connectivity index (χ1v) is 15.4. The molecule has 3 heteroatoms. The number of benzene rings is 3. The summed E-state index contributed by atoms with van der Waals surface area (Å²) in [5.74, 6) is 0.553. The van der Waals surface area contributed by atoms with Gasteiger partial charge in [0.2, 0.25) is 0 Å². The van der Waals surface area contributed by atoms with Gasteiger partial charge in [0.1, 0.15) is 0 Å². The first-order valence-electron chi connectivity index (χ1n) is 15.4. The third kappa shape index (κ3) is 5.94.